The van der Waals surface area contributed by atoms with Crippen LogP contribution in [0.2, 0.25) is 0 Å². The first-order chi connectivity index (χ1) is 11.6. The second kappa shape index (κ2) is 8.26. The fourth-order valence-electron chi connectivity index (χ4n) is 1.36. The first-order valence-electron chi connectivity index (χ1n) is 8.08. The molecule has 0 aromatic rings. The molecule has 26 heavy (non-hydrogen) atoms. The van der Waals surface area contributed by atoms with Gasteiger partial charge in [0.05, 0.1) is 16.2 Å². The summed E-state index contributed by atoms with van der Waals surface area (Å²) in [6.07, 6.45) is 0. The Kier molecular flexibility index (Phi) is 7.69. The molecule has 1 radical (unpaired) electrons. The first-order valence-corrected chi connectivity index (χ1v) is 8.08. The Morgan fingerprint density at radius 1 is 0.654 bits per heavy atom. The molecule has 3 amide bonds. The van der Waals surface area contributed by atoms with E-state index in [0.29, 0.717) is 0 Å². The molecule has 0 aromatic carbocycles. The van der Waals surface area contributed by atoms with Gasteiger partial charge in [0.1, 0.15) is 20.0 Å². The Morgan fingerprint density at radius 3 is 1.00 bits per heavy atom. The molecule has 0 aliphatic heterocycles. The van der Waals surface area contributed by atoms with E-state index in [2.05, 4.69) is 22.9 Å². The zero-order valence-electron chi connectivity index (χ0n) is 16.2. The highest BCUT2D eigenvalue weighted by molar-refractivity contribution is 5.88. The van der Waals surface area contributed by atoms with Gasteiger partial charge in [0.2, 0.25) is 17.7 Å². The van der Waals surface area contributed by atoms with Gasteiger partial charge in [0.15, 0.2) is 5.79 Å². The van der Waals surface area contributed by atoms with E-state index in [1.165, 1.54) is 41.5 Å². The van der Waals surface area contributed by atoms with Crippen LogP contribution < -0.4 is 16.0 Å². The maximum Gasteiger partial charge on any atom is 0.231 e. The molecular weight excluding hydrogens is 351 g/mol. The number of halogens is 3. The lowest BCUT2D eigenvalue weighted by Crippen LogP contribution is -2.72. The van der Waals surface area contributed by atoms with Crippen LogP contribution in [0.1, 0.15) is 41.5 Å². The molecule has 3 N–H and O–H groups in total. The summed E-state index contributed by atoms with van der Waals surface area (Å²) >= 11 is 0. The molecule has 0 rings (SSSR count). The molecule has 0 aliphatic carbocycles. The molecule has 0 aliphatic rings. The molecule has 0 heterocycles. The Morgan fingerprint density at radius 2 is 0.846 bits per heavy atom. The summed E-state index contributed by atoms with van der Waals surface area (Å²) in [6.45, 7) is 8.39. The Hall–Kier alpha value is -1.80. The van der Waals surface area contributed by atoms with Gasteiger partial charge < -0.3 is 16.0 Å². The van der Waals surface area contributed by atoms with Gasteiger partial charge in [0.25, 0.3) is 0 Å². The van der Waals surface area contributed by atoms with Crippen molar-refractivity contribution in [1.82, 2.24) is 16.0 Å². The summed E-state index contributed by atoms with van der Waals surface area (Å²) in [6, 6.07) is 0. The molecule has 0 unspecified atom stereocenters. The standard InChI is InChI=1S/C17H29F3N3O3/c1-14(2,8-18)11(24)21-17(7,22-12(25)15(3,4)9-19)23-13(26)16(5,6)10-20/h7-10H2,1-6H3,(H,21,24)(H,22,25)(H,23,26). The molecule has 0 aromatic heterocycles. The molecule has 0 saturated carbocycles. The van der Waals surface area contributed by atoms with Gasteiger partial charge in [0, 0.05) is 6.92 Å². The second-order valence-corrected chi connectivity index (χ2v) is 8.32. The van der Waals surface area contributed by atoms with Gasteiger partial charge in [-0.15, -0.1) is 0 Å². The zero-order chi connectivity index (χ0) is 21.0. The lowest BCUT2D eigenvalue weighted by molar-refractivity contribution is -0.140. The van der Waals surface area contributed by atoms with Gasteiger partial charge in [-0.25, -0.2) is 13.2 Å². The van der Waals surface area contributed by atoms with Gasteiger partial charge in [-0.1, -0.05) is 0 Å². The van der Waals surface area contributed by atoms with Gasteiger partial charge in [-0.2, -0.15) is 0 Å². The number of carbonyl (C=O) groups is 3. The Balaban J connectivity index is 5.69. The number of hydrogen-bond acceptors (Lipinski definition) is 3. The van der Waals surface area contributed by atoms with Crippen molar-refractivity contribution in [3.63, 3.8) is 0 Å². The predicted molar refractivity (Wildman–Crippen MR) is 91.8 cm³/mol. The molecule has 0 spiro atoms. The second-order valence-electron chi connectivity index (χ2n) is 8.32. The minimum absolute atomic E-state index is 0.855. The van der Waals surface area contributed by atoms with Crippen molar-refractivity contribution in [2.75, 3.05) is 20.0 Å². The Bertz CT molecular complexity index is 475. The van der Waals surface area contributed by atoms with Crippen molar-refractivity contribution >= 4 is 17.7 Å². The van der Waals surface area contributed by atoms with Crippen molar-refractivity contribution in [1.29, 1.82) is 0 Å². The summed E-state index contributed by atoms with van der Waals surface area (Å²) in [5, 5.41) is 6.72. The van der Waals surface area contributed by atoms with Crippen LogP contribution in [0.15, 0.2) is 0 Å². The van der Waals surface area contributed by atoms with Gasteiger partial charge >= 0.3 is 0 Å². The molecule has 0 atom stereocenters. The third-order valence-corrected chi connectivity index (χ3v) is 3.83. The van der Waals surface area contributed by atoms with Crippen LogP contribution in [0.3, 0.4) is 0 Å². The number of rotatable bonds is 9. The highest BCUT2D eigenvalue weighted by atomic mass is 19.1. The van der Waals surface area contributed by atoms with E-state index >= 15 is 0 Å². The smallest absolute Gasteiger partial charge is 0.231 e. The summed E-state index contributed by atoms with van der Waals surface area (Å²) < 4.78 is 39.2. The van der Waals surface area contributed by atoms with Crippen LogP contribution >= 0.6 is 0 Å². The van der Waals surface area contributed by atoms with Crippen molar-refractivity contribution in [2.45, 2.75) is 47.3 Å². The highest BCUT2D eigenvalue weighted by Crippen LogP contribution is 2.21. The average molecular weight is 380 g/mol. The van der Waals surface area contributed by atoms with Crippen LogP contribution in [0, 0.1) is 23.2 Å². The number of alkyl halides is 3. The van der Waals surface area contributed by atoms with Crippen molar-refractivity contribution in [3.05, 3.63) is 6.92 Å². The third-order valence-electron chi connectivity index (χ3n) is 3.83. The van der Waals surface area contributed by atoms with E-state index in [1.807, 2.05) is 0 Å². The molecule has 0 fully saturated rings. The average Bonchev–Trinajstić information content (AvgIpc) is 2.53. The van der Waals surface area contributed by atoms with E-state index in [0.717, 1.165) is 0 Å². The summed E-state index contributed by atoms with van der Waals surface area (Å²) in [4.78, 5) is 36.8. The fourth-order valence-corrected chi connectivity index (χ4v) is 1.36. The van der Waals surface area contributed by atoms with E-state index in [9.17, 15) is 27.6 Å². The number of nitrogens with one attached hydrogen (secondary N) is 3. The third kappa shape index (κ3) is 6.17. The number of amides is 3. The predicted octanol–water partition coefficient (Wildman–Crippen LogP) is 1.81. The van der Waals surface area contributed by atoms with Crippen molar-refractivity contribution in [2.24, 2.45) is 16.2 Å². The molecule has 6 nitrogen and oxygen atoms in total. The first kappa shape index (κ1) is 24.2. The van der Waals surface area contributed by atoms with Crippen molar-refractivity contribution in [3.8, 4) is 0 Å². The van der Waals surface area contributed by atoms with Crippen LogP contribution in [-0.4, -0.2) is 43.5 Å². The van der Waals surface area contributed by atoms with Crippen LogP contribution in [0.5, 0.6) is 0 Å². The highest BCUT2D eigenvalue weighted by Gasteiger charge is 2.41. The minimum atomic E-state index is -2.11. The normalized spacial score (nSPS) is 13.2. The number of hydrogen-bond donors (Lipinski definition) is 3. The summed E-state index contributed by atoms with van der Waals surface area (Å²) in [7, 11) is 0. The largest absolute Gasteiger partial charge is 0.316 e. The molecular formula is C17H29F3N3O3. The topological polar surface area (TPSA) is 87.3 Å². The fraction of sp³-hybridized carbons (Fsp3) is 0.765. The monoisotopic (exact) mass is 380 g/mol. The van der Waals surface area contributed by atoms with E-state index in [1.54, 1.807) is 0 Å². The Labute approximate surface area is 152 Å². The molecule has 0 saturated heterocycles. The van der Waals surface area contributed by atoms with Gasteiger partial charge in [-0.05, 0) is 41.5 Å². The van der Waals surface area contributed by atoms with Crippen molar-refractivity contribution < 1.29 is 27.6 Å². The maximum absolute atomic E-state index is 13.1. The lowest BCUT2D eigenvalue weighted by atomic mass is 9.92. The molecule has 9 heteroatoms. The maximum atomic E-state index is 13.1. The molecule has 151 valence electrons. The van der Waals surface area contributed by atoms with Crippen LogP contribution in [0.4, 0.5) is 13.2 Å². The van der Waals surface area contributed by atoms with Crippen LogP contribution in [-0.2, 0) is 14.4 Å². The van der Waals surface area contributed by atoms with E-state index in [-0.39, 0.29) is 0 Å². The van der Waals surface area contributed by atoms with Crippen LogP contribution in [0.25, 0.3) is 0 Å². The quantitative estimate of drug-likeness (QED) is 0.533. The lowest BCUT2D eigenvalue weighted by Gasteiger charge is -2.38. The zero-order valence-corrected chi connectivity index (χ0v) is 16.2. The SMILES string of the molecule is [CH2]C(NC(=O)C(C)(C)CF)(NC(=O)C(C)(C)CF)NC(=O)C(C)(C)CF. The number of carbonyl (C=O) groups excluding carboxylic acids is 3. The molecule has 0 bridgehead atoms. The van der Waals surface area contributed by atoms with E-state index < -0.39 is 59.8 Å². The summed E-state index contributed by atoms with van der Waals surface area (Å²) in [5.41, 5.74) is -4.41. The minimum Gasteiger partial charge on any atom is -0.316 e. The van der Waals surface area contributed by atoms with Gasteiger partial charge in [-0.3, -0.25) is 14.4 Å². The van der Waals surface area contributed by atoms with E-state index in [4.69, 9.17) is 0 Å². The summed E-state index contributed by atoms with van der Waals surface area (Å²) in [5.74, 6) is -4.68.